The zero-order valence-corrected chi connectivity index (χ0v) is 10.6. The van der Waals surface area contributed by atoms with E-state index >= 15 is 0 Å². The van der Waals surface area contributed by atoms with Crippen LogP contribution in [0.2, 0.25) is 0 Å². The Bertz CT molecular complexity index is 527. The maximum absolute atomic E-state index is 11.8. The molecule has 0 saturated carbocycles. The molecule has 3 N–H and O–H groups in total. The van der Waals surface area contributed by atoms with Gasteiger partial charge in [-0.3, -0.25) is 9.59 Å². The highest BCUT2D eigenvalue weighted by Gasteiger charge is 2.26. The van der Waals surface area contributed by atoms with Gasteiger partial charge in [0.05, 0.1) is 12.1 Å². The molecule has 0 aromatic heterocycles. The highest BCUT2D eigenvalue weighted by atomic mass is 16.3. The first-order valence-electron chi connectivity index (χ1n) is 6.12. The normalized spacial score (nSPS) is 22.1. The number of nitrogens with one attached hydrogen (secondary N) is 2. The van der Waals surface area contributed by atoms with Crippen molar-refractivity contribution in [2.45, 2.75) is 6.92 Å². The number of carbonyl (C=O) groups excluding carboxylic acids is 2. The Labute approximate surface area is 111 Å². The molecule has 2 amide bonds. The van der Waals surface area contributed by atoms with Gasteiger partial charge in [-0.15, -0.1) is 0 Å². The molecular formula is C14H16N2O3. The van der Waals surface area contributed by atoms with Crippen molar-refractivity contribution < 1.29 is 14.7 Å². The van der Waals surface area contributed by atoms with E-state index in [-0.39, 0.29) is 12.1 Å². The second kappa shape index (κ2) is 5.56. The lowest BCUT2D eigenvalue weighted by Crippen LogP contribution is -2.29. The fraction of sp³-hybridized carbons (Fsp3) is 0.286. The van der Waals surface area contributed by atoms with Crippen LogP contribution < -0.4 is 10.6 Å². The summed E-state index contributed by atoms with van der Waals surface area (Å²) in [6, 6.07) is 0. The van der Waals surface area contributed by atoms with Gasteiger partial charge in [0.1, 0.15) is 0 Å². The summed E-state index contributed by atoms with van der Waals surface area (Å²) in [5, 5.41) is 14.5. The van der Waals surface area contributed by atoms with Gasteiger partial charge >= 0.3 is 0 Å². The van der Waals surface area contributed by atoms with Crippen LogP contribution in [0.3, 0.4) is 0 Å². The van der Waals surface area contributed by atoms with Gasteiger partial charge in [-0.2, -0.15) is 0 Å². The van der Waals surface area contributed by atoms with Crippen molar-refractivity contribution in [1.82, 2.24) is 10.6 Å². The maximum atomic E-state index is 11.8. The topological polar surface area (TPSA) is 78.4 Å². The average Bonchev–Trinajstić information content (AvgIpc) is 2.60. The van der Waals surface area contributed by atoms with E-state index in [1.165, 1.54) is 0 Å². The monoisotopic (exact) mass is 260 g/mol. The van der Waals surface area contributed by atoms with Crippen LogP contribution in [0.25, 0.3) is 0 Å². The van der Waals surface area contributed by atoms with Gasteiger partial charge < -0.3 is 15.7 Å². The summed E-state index contributed by atoms with van der Waals surface area (Å²) in [6.07, 6.45) is 9.90. The molecule has 1 aliphatic heterocycles. The molecule has 2 rings (SSSR count). The van der Waals surface area contributed by atoms with Crippen LogP contribution in [0.15, 0.2) is 47.3 Å². The minimum atomic E-state index is -0.600. The van der Waals surface area contributed by atoms with Crippen LogP contribution in [-0.2, 0) is 9.59 Å². The second-order valence-corrected chi connectivity index (χ2v) is 4.54. The first kappa shape index (κ1) is 13.1. The molecule has 100 valence electrons. The minimum Gasteiger partial charge on any atom is -0.503 e. The van der Waals surface area contributed by atoms with E-state index in [2.05, 4.69) is 23.6 Å². The molecule has 1 unspecified atom stereocenters. The third kappa shape index (κ3) is 3.13. The van der Waals surface area contributed by atoms with Crippen molar-refractivity contribution >= 4 is 11.8 Å². The van der Waals surface area contributed by atoms with Gasteiger partial charge in [0.25, 0.3) is 11.8 Å². The van der Waals surface area contributed by atoms with E-state index < -0.39 is 17.6 Å². The lowest BCUT2D eigenvalue weighted by atomic mass is 10.1. The summed E-state index contributed by atoms with van der Waals surface area (Å²) in [7, 11) is 0. The summed E-state index contributed by atoms with van der Waals surface area (Å²) in [5.41, 5.74) is 1.08. The lowest BCUT2D eigenvalue weighted by Gasteiger charge is -2.07. The number of rotatable bonds is 3. The summed E-state index contributed by atoms with van der Waals surface area (Å²) in [6.45, 7) is 2.49. The summed E-state index contributed by atoms with van der Waals surface area (Å²) in [5.74, 6) is -1.20. The Morgan fingerprint density at radius 2 is 2.32 bits per heavy atom. The van der Waals surface area contributed by atoms with E-state index in [1.807, 2.05) is 24.3 Å². The van der Waals surface area contributed by atoms with E-state index in [4.69, 9.17) is 0 Å². The Morgan fingerprint density at radius 3 is 3.00 bits per heavy atom. The van der Waals surface area contributed by atoms with Crippen LogP contribution in [-0.4, -0.2) is 30.0 Å². The summed E-state index contributed by atoms with van der Waals surface area (Å²) < 4.78 is 0. The molecule has 1 heterocycles. The van der Waals surface area contributed by atoms with Crippen LogP contribution in [0.1, 0.15) is 6.92 Å². The highest BCUT2D eigenvalue weighted by Crippen LogP contribution is 2.11. The van der Waals surface area contributed by atoms with E-state index in [1.54, 1.807) is 0 Å². The van der Waals surface area contributed by atoms with Gasteiger partial charge in [-0.25, -0.2) is 0 Å². The second-order valence-electron chi connectivity index (χ2n) is 4.54. The minimum absolute atomic E-state index is 0.0728. The average molecular weight is 260 g/mol. The summed E-state index contributed by atoms with van der Waals surface area (Å²) in [4.78, 5) is 22.9. The smallest absolute Gasteiger partial charge is 0.286 e. The predicted octanol–water partition coefficient (Wildman–Crippen LogP) is 0.733. The quantitative estimate of drug-likeness (QED) is 0.700. The Hall–Kier alpha value is -2.30. The van der Waals surface area contributed by atoms with Crippen molar-refractivity contribution in [3.05, 3.63) is 47.3 Å². The van der Waals surface area contributed by atoms with E-state index in [0.29, 0.717) is 12.5 Å². The molecule has 5 nitrogen and oxygen atoms in total. The van der Waals surface area contributed by atoms with Crippen LogP contribution in [0.4, 0.5) is 0 Å². The largest absolute Gasteiger partial charge is 0.503 e. The van der Waals surface area contributed by atoms with Crippen LogP contribution in [0.5, 0.6) is 0 Å². The fourth-order valence-electron chi connectivity index (χ4n) is 1.94. The zero-order valence-electron chi connectivity index (χ0n) is 10.6. The van der Waals surface area contributed by atoms with Gasteiger partial charge in [-0.05, 0) is 11.5 Å². The molecule has 0 bridgehead atoms. The number of allylic oxidation sites excluding steroid dienone is 4. The third-order valence-electron chi connectivity index (χ3n) is 2.97. The lowest BCUT2D eigenvalue weighted by molar-refractivity contribution is -0.119. The van der Waals surface area contributed by atoms with Gasteiger partial charge in [0.15, 0.2) is 5.76 Å². The maximum Gasteiger partial charge on any atom is 0.286 e. The van der Waals surface area contributed by atoms with Crippen molar-refractivity contribution in [3.63, 3.8) is 0 Å². The Balaban J connectivity index is 1.96. The number of carbonyl (C=O) groups is 2. The van der Waals surface area contributed by atoms with Gasteiger partial charge in [0, 0.05) is 6.54 Å². The molecule has 2 aliphatic rings. The molecule has 0 saturated heterocycles. The summed E-state index contributed by atoms with van der Waals surface area (Å²) >= 11 is 0. The van der Waals surface area contributed by atoms with Crippen molar-refractivity contribution in [2.24, 2.45) is 5.92 Å². The predicted molar refractivity (Wildman–Crippen MR) is 71.2 cm³/mol. The molecule has 1 atom stereocenters. The molecule has 1 aliphatic carbocycles. The number of hydrogen-bond donors (Lipinski definition) is 3. The van der Waals surface area contributed by atoms with E-state index in [0.717, 1.165) is 5.57 Å². The molecule has 5 heteroatoms. The number of aliphatic hydroxyl groups excluding tert-OH is 1. The molecule has 0 spiro atoms. The molecule has 0 radical (unpaired) electrons. The van der Waals surface area contributed by atoms with Crippen LogP contribution >= 0.6 is 0 Å². The molecule has 0 aromatic carbocycles. The standard InChI is InChI=1S/C14H16N2O3/c1-9-4-2-3-5-10(6-9)7-15-13(18)11-8-16-14(19)12(11)17/h2-6,9,17H,7-8H2,1H3,(H,15,18)(H,16,19). The van der Waals surface area contributed by atoms with Crippen molar-refractivity contribution in [1.29, 1.82) is 0 Å². The van der Waals surface area contributed by atoms with E-state index in [9.17, 15) is 14.7 Å². The first-order chi connectivity index (χ1) is 9.08. The first-order valence-corrected chi connectivity index (χ1v) is 6.12. The van der Waals surface area contributed by atoms with Crippen LogP contribution in [0, 0.1) is 5.92 Å². The Kier molecular flexibility index (Phi) is 3.85. The van der Waals surface area contributed by atoms with Gasteiger partial charge in [0.2, 0.25) is 0 Å². The zero-order chi connectivity index (χ0) is 13.8. The Morgan fingerprint density at radius 1 is 1.53 bits per heavy atom. The molecule has 0 fully saturated rings. The molecule has 0 aromatic rings. The number of amides is 2. The van der Waals surface area contributed by atoms with Gasteiger partial charge in [-0.1, -0.05) is 37.3 Å². The fourth-order valence-corrected chi connectivity index (χ4v) is 1.94. The molecule has 19 heavy (non-hydrogen) atoms. The van der Waals surface area contributed by atoms with Crippen molar-refractivity contribution in [3.8, 4) is 0 Å². The number of hydrogen-bond acceptors (Lipinski definition) is 3. The third-order valence-corrected chi connectivity index (χ3v) is 2.97. The van der Waals surface area contributed by atoms with Crippen molar-refractivity contribution in [2.75, 3.05) is 13.1 Å². The number of aliphatic hydroxyl groups is 1. The highest BCUT2D eigenvalue weighted by molar-refractivity contribution is 6.06. The molecular weight excluding hydrogens is 244 g/mol. The SMILES string of the molecule is CC1C=CC=CC(CNC(=O)C2=C(O)C(=O)NC2)=C1.